The van der Waals surface area contributed by atoms with Gasteiger partial charge in [-0.3, -0.25) is 20.3 Å². The highest BCUT2D eigenvalue weighted by molar-refractivity contribution is 5.99. The molecule has 2 amide bonds. The van der Waals surface area contributed by atoms with Crippen molar-refractivity contribution in [3.63, 3.8) is 0 Å². The van der Waals surface area contributed by atoms with Gasteiger partial charge >= 0.3 is 12.2 Å². The molecular weight excluding hydrogens is 492 g/mol. The average molecular weight is 521 g/mol. The van der Waals surface area contributed by atoms with Crippen LogP contribution in [0.3, 0.4) is 0 Å². The first-order valence-electron chi connectivity index (χ1n) is 12.3. The van der Waals surface area contributed by atoms with Crippen LogP contribution in [0.25, 0.3) is 0 Å². The zero-order valence-corrected chi connectivity index (χ0v) is 21.6. The van der Waals surface area contributed by atoms with E-state index >= 15 is 0 Å². The highest BCUT2D eigenvalue weighted by Crippen LogP contribution is 2.17. The fourth-order valence-corrected chi connectivity index (χ4v) is 3.61. The first-order chi connectivity index (χ1) is 19.0. The molecule has 0 fully saturated rings. The van der Waals surface area contributed by atoms with Gasteiger partial charge in [0.2, 0.25) is 0 Å². The minimum Gasteiger partial charge on any atom is -0.298 e. The predicted octanol–water partition coefficient (Wildman–Crippen LogP) is 7.22. The quantitative estimate of drug-likeness (QED) is 0.145. The molecule has 0 heterocycles. The van der Waals surface area contributed by atoms with Gasteiger partial charge in [-0.05, 0) is 66.8 Å². The lowest BCUT2D eigenvalue weighted by molar-refractivity contribution is 0.165. The predicted molar refractivity (Wildman–Crippen MR) is 153 cm³/mol. The van der Waals surface area contributed by atoms with Crippen molar-refractivity contribution in [2.24, 2.45) is 10.3 Å². The highest BCUT2D eigenvalue weighted by Gasteiger charge is 2.07. The van der Waals surface area contributed by atoms with Gasteiger partial charge in [-0.1, -0.05) is 95.2 Å². The molecule has 0 aromatic heterocycles. The summed E-state index contributed by atoms with van der Waals surface area (Å²) in [6.07, 6.45) is -0.655. The Morgan fingerprint density at radius 3 is 1.28 bits per heavy atom. The van der Waals surface area contributed by atoms with Crippen molar-refractivity contribution in [3.05, 3.63) is 131 Å². The van der Waals surface area contributed by atoms with Gasteiger partial charge in [0.25, 0.3) is 0 Å². The van der Waals surface area contributed by atoms with Crippen LogP contribution in [-0.4, -0.2) is 23.6 Å². The Kier molecular flexibility index (Phi) is 9.18. The lowest BCUT2D eigenvalue weighted by Gasteiger charge is -2.07. The van der Waals surface area contributed by atoms with E-state index < -0.39 is 12.2 Å². The summed E-state index contributed by atoms with van der Waals surface area (Å²) in [6, 6.07) is 33.8. The molecule has 8 nitrogen and oxygen atoms in total. The van der Waals surface area contributed by atoms with E-state index in [1.165, 1.54) is 0 Å². The molecule has 4 aromatic carbocycles. The zero-order chi connectivity index (χ0) is 27.5. The topological polar surface area (TPSA) is 101 Å². The highest BCUT2D eigenvalue weighted by atomic mass is 16.7. The number of benzene rings is 4. The molecule has 4 rings (SSSR count). The summed E-state index contributed by atoms with van der Waals surface area (Å²) in [7, 11) is 0. The number of carbonyl (C=O) groups excluding carboxylic acids is 2. The van der Waals surface area contributed by atoms with Crippen molar-refractivity contribution in [1.82, 2.24) is 0 Å². The maximum Gasteiger partial charge on any atom is 0.437 e. The minimum absolute atomic E-state index is 0.597. The molecule has 0 radical (unpaired) electrons. The summed E-state index contributed by atoms with van der Waals surface area (Å²) in [5.41, 5.74) is 6.26. The zero-order valence-electron chi connectivity index (χ0n) is 21.6. The number of anilines is 2. The Balaban J connectivity index is 1.24. The second-order valence-electron chi connectivity index (χ2n) is 8.66. The van der Waals surface area contributed by atoms with E-state index in [9.17, 15) is 9.59 Å². The van der Waals surface area contributed by atoms with E-state index in [0.29, 0.717) is 29.2 Å². The summed E-state index contributed by atoms with van der Waals surface area (Å²) in [6.45, 7) is 3.54. The van der Waals surface area contributed by atoms with Crippen molar-refractivity contribution in [2.75, 3.05) is 10.6 Å². The van der Waals surface area contributed by atoms with E-state index in [2.05, 4.69) is 20.9 Å². The van der Waals surface area contributed by atoms with E-state index in [-0.39, 0.29) is 0 Å². The normalized spacial score (nSPS) is 11.4. The fourth-order valence-electron chi connectivity index (χ4n) is 3.61. The third-order valence-electron chi connectivity index (χ3n) is 5.72. The number of nitrogens with zero attached hydrogens (tertiary/aromatic N) is 2. The molecule has 39 heavy (non-hydrogen) atoms. The molecule has 0 saturated heterocycles. The summed E-state index contributed by atoms with van der Waals surface area (Å²) >= 11 is 0. The summed E-state index contributed by atoms with van der Waals surface area (Å²) in [5, 5.41) is 13.1. The molecule has 4 aromatic rings. The maximum atomic E-state index is 12.1. The molecular formula is C31H28N4O4. The van der Waals surface area contributed by atoms with Gasteiger partial charge in [-0.25, -0.2) is 9.59 Å². The van der Waals surface area contributed by atoms with Gasteiger partial charge < -0.3 is 0 Å². The van der Waals surface area contributed by atoms with Crippen LogP contribution >= 0.6 is 0 Å². The van der Waals surface area contributed by atoms with Gasteiger partial charge in [0, 0.05) is 11.4 Å². The molecule has 0 spiro atoms. The Morgan fingerprint density at radius 2 is 0.923 bits per heavy atom. The maximum absolute atomic E-state index is 12.1. The lowest BCUT2D eigenvalue weighted by atomic mass is 10.0. The van der Waals surface area contributed by atoms with Gasteiger partial charge in [0.15, 0.2) is 0 Å². The standard InChI is InChI=1S/C31H28N4O4/c1-22(26-9-5-3-6-10-26)34-38-30(36)32-28-17-13-24(14-18-28)21-25-15-19-29(20-16-25)33-31(37)39-35-23(2)27-11-7-4-8-12-27/h3-20H,21H2,1-2H3,(H,32,36)(H,33,37)/b34-22-,35-23-. The molecule has 0 atom stereocenters. The molecule has 196 valence electrons. The van der Waals surface area contributed by atoms with Crippen LogP contribution < -0.4 is 10.6 Å². The third kappa shape index (κ3) is 8.40. The van der Waals surface area contributed by atoms with Crippen LogP contribution in [-0.2, 0) is 16.1 Å². The van der Waals surface area contributed by atoms with Crippen molar-refractivity contribution < 1.29 is 19.3 Å². The van der Waals surface area contributed by atoms with Gasteiger partial charge in [0.1, 0.15) is 0 Å². The molecule has 0 bridgehead atoms. The number of nitrogens with one attached hydrogen (secondary N) is 2. The molecule has 0 aliphatic carbocycles. The Labute approximate surface area is 227 Å². The lowest BCUT2D eigenvalue weighted by Crippen LogP contribution is -2.12. The van der Waals surface area contributed by atoms with Crippen molar-refractivity contribution in [2.45, 2.75) is 20.3 Å². The Morgan fingerprint density at radius 1 is 0.564 bits per heavy atom. The number of oxime groups is 2. The molecule has 0 aliphatic rings. The van der Waals surface area contributed by atoms with Crippen LogP contribution in [0.4, 0.5) is 21.0 Å². The van der Waals surface area contributed by atoms with Crippen molar-refractivity contribution in [3.8, 4) is 0 Å². The first-order valence-corrected chi connectivity index (χ1v) is 12.3. The average Bonchev–Trinajstić information content (AvgIpc) is 2.97. The Hall–Kier alpha value is -5.24. The van der Waals surface area contributed by atoms with E-state index in [0.717, 1.165) is 22.3 Å². The summed E-state index contributed by atoms with van der Waals surface area (Å²) < 4.78 is 0. The van der Waals surface area contributed by atoms with Gasteiger partial charge in [0.05, 0.1) is 11.4 Å². The largest absolute Gasteiger partial charge is 0.437 e. The number of amides is 2. The van der Waals surface area contributed by atoms with Crippen LogP contribution in [0.1, 0.15) is 36.1 Å². The van der Waals surface area contributed by atoms with Crippen LogP contribution in [0.2, 0.25) is 0 Å². The molecule has 2 N–H and O–H groups in total. The second kappa shape index (κ2) is 13.3. The minimum atomic E-state index is -0.666. The SMILES string of the molecule is C/C(=N/OC(=O)Nc1ccc(Cc2ccc(NC(=O)O/N=C(/C)c3ccccc3)cc2)cc1)c1ccccc1. The molecule has 0 saturated carbocycles. The summed E-state index contributed by atoms with van der Waals surface area (Å²) in [4.78, 5) is 34.1. The van der Waals surface area contributed by atoms with Crippen molar-refractivity contribution >= 4 is 35.0 Å². The van der Waals surface area contributed by atoms with E-state index in [4.69, 9.17) is 9.68 Å². The Bertz CT molecular complexity index is 1340. The fraction of sp³-hybridized carbons (Fsp3) is 0.0968. The summed E-state index contributed by atoms with van der Waals surface area (Å²) in [5.74, 6) is 0. The second-order valence-corrected chi connectivity index (χ2v) is 8.66. The van der Waals surface area contributed by atoms with Gasteiger partial charge in [-0.15, -0.1) is 0 Å². The number of hydrogen-bond acceptors (Lipinski definition) is 6. The van der Waals surface area contributed by atoms with Crippen molar-refractivity contribution in [1.29, 1.82) is 0 Å². The monoisotopic (exact) mass is 520 g/mol. The number of rotatable bonds is 8. The number of hydrogen-bond donors (Lipinski definition) is 2. The van der Waals surface area contributed by atoms with Crippen LogP contribution in [0.15, 0.2) is 120 Å². The van der Waals surface area contributed by atoms with Gasteiger partial charge in [-0.2, -0.15) is 0 Å². The molecule has 0 aliphatic heterocycles. The first kappa shape index (κ1) is 26.8. The third-order valence-corrected chi connectivity index (χ3v) is 5.72. The number of carbonyl (C=O) groups is 2. The molecule has 8 heteroatoms. The van der Waals surface area contributed by atoms with Crippen LogP contribution in [0, 0.1) is 0 Å². The molecule has 0 unspecified atom stereocenters. The van der Waals surface area contributed by atoms with E-state index in [1.54, 1.807) is 38.1 Å². The van der Waals surface area contributed by atoms with E-state index in [1.807, 2.05) is 84.9 Å². The smallest absolute Gasteiger partial charge is 0.298 e. The van der Waals surface area contributed by atoms with Crippen LogP contribution in [0.5, 0.6) is 0 Å².